The minimum Gasteiger partial charge on any atom is -0.543 e. The molecule has 0 saturated carbocycles. The first-order valence-electron chi connectivity index (χ1n) is 11.0. The van der Waals surface area contributed by atoms with Crippen LogP contribution in [0.25, 0.3) is 10.2 Å². The van der Waals surface area contributed by atoms with Crippen molar-refractivity contribution in [1.82, 2.24) is 20.2 Å². The average Bonchev–Trinajstić information content (AvgIpc) is 3.48. The maximum Gasteiger partial charge on any atom is 0.276 e. The molecule has 3 aromatic heterocycles. The summed E-state index contributed by atoms with van der Waals surface area (Å²) < 4.78 is 2.85. The Balaban J connectivity index is 1.30. The van der Waals surface area contributed by atoms with Gasteiger partial charge in [0, 0.05) is 17.2 Å². The smallest absolute Gasteiger partial charge is 0.276 e. The first-order valence-corrected chi connectivity index (χ1v) is 13.8. The number of thioether (sulfide) groups is 1. The quantitative estimate of drug-likeness (QED) is 0.133. The highest BCUT2D eigenvalue weighted by molar-refractivity contribution is 8.00. The summed E-state index contributed by atoms with van der Waals surface area (Å²) in [5, 5.41) is 20.0. The molecule has 0 spiro atoms. The number of amides is 2. The number of hydrogen-bond acceptors (Lipinski definition) is 13. The number of hydrogen-bond donors (Lipinski definition) is 3. The molecule has 1 unspecified atom stereocenters. The first-order chi connectivity index (χ1) is 18.3. The molecule has 13 nitrogen and oxygen atoms in total. The lowest BCUT2D eigenvalue weighted by molar-refractivity contribution is -0.685. The van der Waals surface area contributed by atoms with Gasteiger partial charge in [-0.3, -0.25) is 14.5 Å². The molecule has 3 aromatic rings. The van der Waals surface area contributed by atoms with Gasteiger partial charge in [0.25, 0.3) is 11.8 Å². The maximum atomic E-state index is 13.0. The van der Waals surface area contributed by atoms with Crippen LogP contribution in [0.3, 0.4) is 0 Å². The number of carbonyl (C=O) groups excluding carboxylic acids is 3. The van der Waals surface area contributed by atoms with Crippen molar-refractivity contribution in [3.8, 4) is 0 Å². The topological polar surface area (TPSA) is 193 Å². The second-order valence-corrected chi connectivity index (χ2v) is 11.1. The summed E-state index contributed by atoms with van der Waals surface area (Å²) in [5.74, 6) is -2.44. The number of carboxylic acids is 1. The van der Waals surface area contributed by atoms with Crippen LogP contribution >= 0.6 is 34.4 Å². The fraction of sp³-hybridized carbons (Fsp3) is 0.227. The van der Waals surface area contributed by atoms with Gasteiger partial charge in [-0.2, -0.15) is 4.57 Å². The Hall–Kier alpha value is -4.02. The molecule has 2 atom stereocenters. The highest BCUT2D eigenvalue weighted by Gasteiger charge is 2.53. The van der Waals surface area contributed by atoms with Crippen LogP contribution in [0.5, 0.6) is 0 Å². The number of pyridine rings is 1. The Kier molecular flexibility index (Phi) is 7.00. The summed E-state index contributed by atoms with van der Waals surface area (Å²) >= 11 is 3.84. The molecule has 0 radical (unpaired) electrons. The summed E-state index contributed by atoms with van der Waals surface area (Å²) in [5.41, 5.74) is 12.4. The molecule has 16 heteroatoms. The van der Waals surface area contributed by atoms with E-state index in [2.05, 4.69) is 20.4 Å². The standard InChI is InChI=1S/C22H20N8O5S3/c1-35-28-14(12-9-37-21(23)26-12)17(31)27-15-18(32)30-16(20(33)34)10(8-36-19(15)30)3-2-5-29-6-4-13-11(7-29)25-22(24)38-13/h2-4,6-7,9,15,19H,5,8H2,1H3,(H5-,23,24,25,26,27,31,33,34)/b3-2?,28-14-/t15?,19-/m1/s1. The molecule has 2 aliphatic rings. The maximum absolute atomic E-state index is 13.0. The van der Waals surface area contributed by atoms with Crippen LogP contribution in [0, 0.1) is 0 Å². The van der Waals surface area contributed by atoms with Gasteiger partial charge in [0.05, 0.1) is 16.4 Å². The fourth-order valence-electron chi connectivity index (χ4n) is 4.03. The van der Waals surface area contributed by atoms with Gasteiger partial charge in [-0.05, 0) is 11.6 Å². The van der Waals surface area contributed by atoms with Crippen LogP contribution in [0.1, 0.15) is 5.69 Å². The number of carbonyl (C=O) groups is 3. The van der Waals surface area contributed by atoms with E-state index < -0.39 is 29.2 Å². The summed E-state index contributed by atoms with van der Waals surface area (Å²) in [7, 11) is 1.27. The Bertz CT molecular complexity index is 1540. The third kappa shape index (κ3) is 4.80. The average molecular weight is 573 g/mol. The van der Waals surface area contributed by atoms with Crippen molar-refractivity contribution < 1.29 is 28.9 Å². The highest BCUT2D eigenvalue weighted by atomic mass is 32.2. The van der Waals surface area contributed by atoms with Gasteiger partial charge in [0.1, 0.15) is 29.7 Å². The molecule has 0 bridgehead atoms. The Morgan fingerprint density at radius 1 is 1.37 bits per heavy atom. The zero-order valence-corrected chi connectivity index (χ0v) is 22.1. The Labute approximate surface area is 227 Å². The summed E-state index contributed by atoms with van der Waals surface area (Å²) in [6.45, 7) is 0.445. The zero-order valence-electron chi connectivity index (χ0n) is 19.7. The minimum absolute atomic E-state index is 0.150. The molecule has 0 aliphatic carbocycles. The lowest BCUT2D eigenvalue weighted by atomic mass is 10.0. The number of fused-ring (bicyclic) bond motifs is 2. The van der Waals surface area contributed by atoms with Crippen molar-refractivity contribution >= 4 is 78.4 Å². The number of anilines is 2. The Morgan fingerprint density at radius 2 is 2.18 bits per heavy atom. The zero-order chi connectivity index (χ0) is 27.0. The van der Waals surface area contributed by atoms with Crippen LogP contribution in [-0.2, 0) is 25.8 Å². The first kappa shape index (κ1) is 25.6. The monoisotopic (exact) mass is 572 g/mol. The molecule has 5 N–H and O–H groups in total. The third-order valence-corrected chi connectivity index (χ3v) is 8.52. The van der Waals surface area contributed by atoms with E-state index in [1.54, 1.807) is 12.2 Å². The van der Waals surface area contributed by atoms with E-state index in [1.165, 1.54) is 35.6 Å². The summed E-state index contributed by atoms with van der Waals surface area (Å²) in [4.78, 5) is 52.0. The highest BCUT2D eigenvalue weighted by Crippen LogP contribution is 2.40. The second-order valence-electron chi connectivity index (χ2n) is 8.06. The van der Waals surface area contributed by atoms with E-state index in [4.69, 9.17) is 16.3 Å². The number of nitrogens with one attached hydrogen (secondary N) is 1. The van der Waals surface area contributed by atoms with Crippen molar-refractivity contribution in [2.24, 2.45) is 5.16 Å². The van der Waals surface area contributed by atoms with Crippen molar-refractivity contribution in [3.63, 3.8) is 0 Å². The van der Waals surface area contributed by atoms with Crippen LogP contribution < -0.4 is 26.5 Å². The van der Waals surface area contributed by atoms with E-state index in [0.29, 0.717) is 23.0 Å². The third-order valence-electron chi connectivity index (χ3n) is 5.68. The second kappa shape index (κ2) is 10.4. The lowest BCUT2D eigenvalue weighted by Crippen LogP contribution is -2.71. The molecule has 5 rings (SSSR count). The molecule has 38 heavy (non-hydrogen) atoms. The molecular weight excluding hydrogens is 552 g/mol. The van der Waals surface area contributed by atoms with Crippen molar-refractivity contribution in [2.75, 3.05) is 24.3 Å². The largest absolute Gasteiger partial charge is 0.543 e. The molecule has 1 saturated heterocycles. The molecular formula is C22H20N8O5S3. The van der Waals surface area contributed by atoms with Crippen LogP contribution in [0.2, 0.25) is 0 Å². The van der Waals surface area contributed by atoms with E-state index in [9.17, 15) is 19.5 Å². The predicted molar refractivity (Wildman–Crippen MR) is 140 cm³/mol. The number of rotatable bonds is 8. The van der Waals surface area contributed by atoms with Gasteiger partial charge in [0.15, 0.2) is 34.9 Å². The molecule has 196 valence electrons. The molecule has 2 amide bonds. The molecule has 1 fully saturated rings. The minimum atomic E-state index is -1.47. The fourth-order valence-corrected chi connectivity index (χ4v) is 6.60. The number of nitrogens with zero attached hydrogens (tertiary/aromatic N) is 5. The van der Waals surface area contributed by atoms with E-state index in [-0.39, 0.29) is 22.2 Å². The number of aliphatic carboxylic acids is 1. The summed E-state index contributed by atoms with van der Waals surface area (Å²) in [6, 6.07) is 0.946. The van der Waals surface area contributed by atoms with Crippen LogP contribution in [0.4, 0.5) is 10.3 Å². The number of β-lactam (4-membered cyclic amide) rings is 1. The van der Waals surface area contributed by atoms with Crippen LogP contribution in [-0.4, -0.2) is 62.6 Å². The summed E-state index contributed by atoms with van der Waals surface area (Å²) in [6.07, 6.45) is 7.17. The normalized spacial score (nSPS) is 19.6. The van der Waals surface area contributed by atoms with E-state index >= 15 is 0 Å². The van der Waals surface area contributed by atoms with Gasteiger partial charge >= 0.3 is 0 Å². The lowest BCUT2D eigenvalue weighted by Gasteiger charge is -2.50. The van der Waals surface area contributed by atoms with Crippen molar-refractivity contribution in [1.29, 1.82) is 0 Å². The van der Waals surface area contributed by atoms with Crippen molar-refractivity contribution in [3.05, 3.63) is 53.0 Å². The Morgan fingerprint density at radius 3 is 2.89 bits per heavy atom. The SMILES string of the molecule is CO/N=C(\C(=O)NC1C(=O)N2C(C(=O)[O-])=C(C=CC[n+]3ccc4sc(N)nc4c3)CS[C@H]12)c1csc(N)n1. The number of allylic oxidation sites excluding steroid dienone is 2. The van der Waals surface area contributed by atoms with Gasteiger partial charge in [-0.1, -0.05) is 22.6 Å². The number of aromatic nitrogens is 3. The number of carboxylic acid groups (broad SMARTS) is 1. The number of nitrogens with two attached hydrogens (primary N) is 2. The van der Waals surface area contributed by atoms with Crippen molar-refractivity contribution in [2.45, 2.75) is 18.0 Å². The number of nitrogen functional groups attached to an aromatic ring is 2. The predicted octanol–water partition coefficient (Wildman–Crippen LogP) is -0.784. The van der Waals surface area contributed by atoms with E-state index in [1.807, 2.05) is 23.0 Å². The van der Waals surface area contributed by atoms with Gasteiger partial charge in [-0.15, -0.1) is 23.1 Å². The van der Waals surface area contributed by atoms with Gasteiger partial charge < -0.3 is 31.5 Å². The van der Waals surface area contributed by atoms with Crippen LogP contribution in [0.15, 0.2) is 52.4 Å². The van der Waals surface area contributed by atoms with Gasteiger partial charge in [-0.25, -0.2) is 9.97 Å². The van der Waals surface area contributed by atoms with E-state index in [0.717, 1.165) is 26.5 Å². The molecule has 2 aliphatic heterocycles. The number of thiazole rings is 2. The molecule has 5 heterocycles. The van der Waals surface area contributed by atoms with Gasteiger partial charge in [0.2, 0.25) is 0 Å². The molecule has 0 aromatic carbocycles. The number of oxime groups is 1.